The molecular weight excluding hydrogens is 518 g/mol. The Morgan fingerprint density at radius 3 is 2.44 bits per heavy atom. The number of para-hydroxylation sites is 1. The molecule has 2 atom stereocenters. The number of ether oxygens (including phenoxy) is 1. The van der Waals surface area contributed by atoms with E-state index in [9.17, 15) is 14.4 Å². The molecule has 41 heavy (non-hydrogen) atoms. The fraction of sp³-hybridized carbons (Fsp3) is 0.531. The Hall–Kier alpha value is -3.27. The molecule has 222 valence electrons. The van der Waals surface area contributed by atoms with Crippen molar-refractivity contribution in [2.45, 2.75) is 57.2 Å². The first kappa shape index (κ1) is 30.7. The van der Waals surface area contributed by atoms with Crippen molar-refractivity contribution in [3.63, 3.8) is 0 Å². The number of carbonyl (C=O) groups excluding carboxylic acids is 3. The van der Waals surface area contributed by atoms with Crippen molar-refractivity contribution in [3.05, 3.63) is 65.7 Å². The van der Waals surface area contributed by atoms with Gasteiger partial charge in [0.05, 0.1) is 37.3 Å². The summed E-state index contributed by atoms with van der Waals surface area (Å²) in [4.78, 5) is 43.3. The molecule has 2 fully saturated rings. The van der Waals surface area contributed by atoms with Gasteiger partial charge < -0.3 is 30.5 Å². The number of hydrogen-bond donors (Lipinski definition) is 3. The molecule has 0 saturated carbocycles. The second kappa shape index (κ2) is 14.1. The standard InChI is InChI=1S/C30H38N4O4.C2H7N/c1-29(13-15-31-16-14-29)28(37)32-25(20-38-19-23-8-3-2-4-9-23)27(36)33-17-7-12-30(21-33)18-24-10-5-6-11-26(24)34(30)22-35;1-3-2/h2-6,8-11,22,25,31H,7,12-21H2,1H3,(H,32,37);3H,1-2H3/p+1/t25-,30?;/m1./s1. The Balaban J connectivity index is 0.00000124. The number of piperidine rings is 2. The van der Waals surface area contributed by atoms with Gasteiger partial charge in [-0.15, -0.1) is 0 Å². The Morgan fingerprint density at radius 2 is 1.73 bits per heavy atom. The first-order valence-corrected chi connectivity index (χ1v) is 14.8. The molecule has 1 spiro atoms. The maximum atomic E-state index is 14.0. The summed E-state index contributed by atoms with van der Waals surface area (Å²) in [6.07, 6.45) is 4.82. The predicted molar refractivity (Wildman–Crippen MR) is 159 cm³/mol. The molecule has 2 aromatic carbocycles. The molecule has 1 unspecified atom stereocenters. The van der Waals surface area contributed by atoms with E-state index in [4.69, 9.17) is 4.74 Å². The summed E-state index contributed by atoms with van der Waals surface area (Å²) in [5.41, 5.74) is 2.13. The molecule has 3 heterocycles. The van der Waals surface area contributed by atoms with Crippen LogP contribution in [-0.2, 0) is 32.1 Å². The van der Waals surface area contributed by atoms with Crippen LogP contribution in [0, 0.1) is 5.41 Å². The van der Waals surface area contributed by atoms with E-state index in [0.29, 0.717) is 19.7 Å². The number of benzene rings is 2. The topological polar surface area (TPSA) is 108 Å². The molecule has 2 saturated heterocycles. The van der Waals surface area contributed by atoms with E-state index in [1.807, 2.05) is 79.3 Å². The van der Waals surface area contributed by atoms with Crippen LogP contribution >= 0.6 is 0 Å². The second-order valence-corrected chi connectivity index (χ2v) is 11.8. The number of nitrogens with zero attached hydrogens (tertiary/aromatic N) is 2. The Morgan fingerprint density at radius 1 is 1.05 bits per heavy atom. The van der Waals surface area contributed by atoms with Crippen molar-refractivity contribution < 1.29 is 24.4 Å². The van der Waals surface area contributed by atoms with Crippen molar-refractivity contribution in [1.82, 2.24) is 15.5 Å². The van der Waals surface area contributed by atoms with Crippen LogP contribution in [0.1, 0.15) is 43.7 Å². The summed E-state index contributed by atoms with van der Waals surface area (Å²) in [6, 6.07) is 17.0. The molecule has 9 heteroatoms. The predicted octanol–water partition coefficient (Wildman–Crippen LogP) is 1.47. The molecule has 3 amide bonds. The lowest BCUT2D eigenvalue weighted by molar-refractivity contribution is -0.666. The highest BCUT2D eigenvalue weighted by Gasteiger charge is 2.48. The SMILES string of the molecule is CC1(C(=O)N[C@H](COCc2ccccc2)C(=O)N2CCCC3(Cc4ccccc4N3C=O)C2)CC[NH2+]CC1.CNC. The number of rotatable bonds is 8. The third kappa shape index (κ3) is 7.15. The van der Waals surface area contributed by atoms with Crippen LogP contribution in [0.4, 0.5) is 5.69 Å². The van der Waals surface area contributed by atoms with Gasteiger partial charge >= 0.3 is 0 Å². The summed E-state index contributed by atoms with van der Waals surface area (Å²) in [5.74, 6) is -0.222. The lowest BCUT2D eigenvalue weighted by Gasteiger charge is -2.45. The third-order valence-corrected chi connectivity index (χ3v) is 8.60. The highest BCUT2D eigenvalue weighted by atomic mass is 16.5. The normalized spacial score (nSPS) is 21.8. The molecule has 0 bridgehead atoms. The van der Waals surface area contributed by atoms with Gasteiger partial charge in [0.15, 0.2) is 0 Å². The van der Waals surface area contributed by atoms with Crippen LogP contribution < -0.4 is 20.9 Å². The van der Waals surface area contributed by atoms with Crippen LogP contribution in [-0.4, -0.2) is 81.6 Å². The monoisotopic (exact) mass is 564 g/mol. The second-order valence-electron chi connectivity index (χ2n) is 11.8. The number of amides is 3. The summed E-state index contributed by atoms with van der Waals surface area (Å²) in [5, 5.41) is 8.06. The number of nitrogens with one attached hydrogen (secondary N) is 2. The van der Waals surface area contributed by atoms with E-state index in [-0.39, 0.29) is 18.4 Å². The minimum Gasteiger partial charge on any atom is -0.374 e. The fourth-order valence-corrected chi connectivity index (χ4v) is 6.33. The molecule has 4 N–H and O–H groups in total. The van der Waals surface area contributed by atoms with Crippen molar-refractivity contribution >= 4 is 23.9 Å². The minimum atomic E-state index is -0.780. The van der Waals surface area contributed by atoms with Gasteiger partial charge in [0.1, 0.15) is 6.04 Å². The summed E-state index contributed by atoms with van der Waals surface area (Å²) in [7, 11) is 3.75. The minimum absolute atomic E-state index is 0.0817. The van der Waals surface area contributed by atoms with E-state index in [1.54, 1.807) is 0 Å². The third-order valence-electron chi connectivity index (χ3n) is 8.60. The molecule has 0 aromatic heterocycles. The molecule has 0 aliphatic carbocycles. The summed E-state index contributed by atoms with van der Waals surface area (Å²) >= 11 is 0. The number of carbonyl (C=O) groups is 3. The van der Waals surface area contributed by atoms with Crippen LogP contribution in [0.25, 0.3) is 0 Å². The average molecular weight is 565 g/mol. The van der Waals surface area contributed by atoms with E-state index >= 15 is 0 Å². The van der Waals surface area contributed by atoms with Crippen LogP contribution in [0.15, 0.2) is 54.6 Å². The maximum absolute atomic E-state index is 14.0. The van der Waals surface area contributed by atoms with Gasteiger partial charge in [0.25, 0.3) is 0 Å². The molecule has 9 nitrogen and oxygen atoms in total. The number of likely N-dealkylation sites (tertiary alicyclic amines) is 1. The largest absolute Gasteiger partial charge is 0.374 e. The molecule has 3 aliphatic heterocycles. The van der Waals surface area contributed by atoms with Gasteiger partial charge in [-0.2, -0.15) is 0 Å². The molecule has 3 aliphatic rings. The molecule has 5 rings (SSSR count). The van der Waals surface area contributed by atoms with Gasteiger partial charge in [0.2, 0.25) is 18.2 Å². The van der Waals surface area contributed by atoms with Crippen LogP contribution in [0.5, 0.6) is 0 Å². The zero-order valence-electron chi connectivity index (χ0n) is 24.7. The first-order valence-electron chi connectivity index (χ1n) is 14.8. The van der Waals surface area contributed by atoms with Crippen molar-refractivity contribution in [2.75, 3.05) is 51.8 Å². The van der Waals surface area contributed by atoms with E-state index in [1.165, 1.54) is 0 Å². The maximum Gasteiger partial charge on any atom is 0.247 e. The van der Waals surface area contributed by atoms with Crippen LogP contribution in [0.2, 0.25) is 0 Å². The molecule has 2 aromatic rings. The van der Waals surface area contributed by atoms with E-state index in [2.05, 4.69) is 22.0 Å². The quantitative estimate of drug-likeness (QED) is 0.421. The molecule has 0 radical (unpaired) electrons. The number of quaternary nitrogens is 1. The zero-order chi connectivity index (χ0) is 29.3. The number of fused-ring (bicyclic) bond motifs is 1. The van der Waals surface area contributed by atoms with Gasteiger partial charge in [-0.25, -0.2) is 0 Å². The fourth-order valence-electron chi connectivity index (χ4n) is 6.33. The lowest BCUT2D eigenvalue weighted by atomic mass is 9.80. The lowest BCUT2D eigenvalue weighted by Crippen LogP contribution is -2.87. The Bertz CT molecular complexity index is 1170. The van der Waals surface area contributed by atoms with E-state index < -0.39 is 17.0 Å². The Labute approximate surface area is 244 Å². The first-order chi connectivity index (χ1) is 19.9. The van der Waals surface area contributed by atoms with Crippen molar-refractivity contribution in [1.29, 1.82) is 0 Å². The Kier molecular flexibility index (Phi) is 10.5. The summed E-state index contributed by atoms with van der Waals surface area (Å²) in [6.45, 7) is 5.31. The van der Waals surface area contributed by atoms with Crippen molar-refractivity contribution in [2.24, 2.45) is 5.41 Å². The van der Waals surface area contributed by atoms with Crippen LogP contribution in [0.3, 0.4) is 0 Å². The number of hydrogen-bond acceptors (Lipinski definition) is 5. The molecular formula is C32H46N5O4+. The van der Waals surface area contributed by atoms with E-state index in [0.717, 1.165) is 68.4 Å². The summed E-state index contributed by atoms with van der Waals surface area (Å²) < 4.78 is 5.99. The number of anilines is 1. The number of nitrogens with two attached hydrogens (primary N) is 1. The average Bonchev–Trinajstić information content (AvgIpc) is 3.29. The van der Waals surface area contributed by atoms with Crippen molar-refractivity contribution in [3.8, 4) is 0 Å². The zero-order valence-corrected chi connectivity index (χ0v) is 24.7. The highest BCUT2D eigenvalue weighted by molar-refractivity contribution is 5.90. The smallest absolute Gasteiger partial charge is 0.247 e. The highest BCUT2D eigenvalue weighted by Crippen LogP contribution is 2.42. The van der Waals surface area contributed by atoms with Gasteiger partial charge in [0, 0.05) is 31.6 Å². The van der Waals surface area contributed by atoms with Gasteiger partial charge in [-0.05, 0) is 50.6 Å². The van der Waals surface area contributed by atoms with Gasteiger partial charge in [-0.3, -0.25) is 14.4 Å². The van der Waals surface area contributed by atoms with Gasteiger partial charge in [-0.1, -0.05) is 55.5 Å².